The number of nitrogens with one attached hydrogen (secondary N) is 3. The van der Waals surface area contributed by atoms with E-state index in [1.54, 1.807) is 24.3 Å². The van der Waals surface area contributed by atoms with Gasteiger partial charge in [0.1, 0.15) is 0 Å². The summed E-state index contributed by atoms with van der Waals surface area (Å²) in [5, 5.41) is 2.63. The second-order valence-electron chi connectivity index (χ2n) is 6.34. The van der Waals surface area contributed by atoms with E-state index in [0.717, 1.165) is 12.8 Å². The number of carbonyl (C=O) groups excluding carboxylic acids is 3. The van der Waals surface area contributed by atoms with Crippen LogP contribution < -0.4 is 16.2 Å². The Labute approximate surface area is 135 Å². The maximum atomic E-state index is 12.1. The molecule has 2 aliphatic rings. The molecule has 2 aliphatic carbocycles. The molecule has 3 rings (SSSR count). The molecule has 2 fully saturated rings. The lowest BCUT2D eigenvalue weighted by atomic mass is 10.0. The Bertz CT molecular complexity index is 614. The quantitative estimate of drug-likeness (QED) is 0.744. The first kappa shape index (κ1) is 15.5. The summed E-state index contributed by atoms with van der Waals surface area (Å²) in [6.07, 6.45) is 4.67. The van der Waals surface area contributed by atoms with Crippen molar-refractivity contribution in [2.75, 3.05) is 5.32 Å². The average molecular weight is 315 g/mol. The van der Waals surface area contributed by atoms with E-state index >= 15 is 0 Å². The van der Waals surface area contributed by atoms with Crippen LogP contribution in [0, 0.1) is 17.8 Å². The average Bonchev–Trinajstić information content (AvgIpc) is 3.27. The molecule has 2 atom stereocenters. The van der Waals surface area contributed by atoms with Crippen molar-refractivity contribution in [1.29, 1.82) is 0 Å². The predicted octanol–water partition coefficient (Wildman–Crippen LogP) is 1.84. The van der Waals surface area contributed by atoms with Gasteiger partial charge in [-0.25, -0.2) is 0 Å². The third-order valence-corrected chi connectivity index (χ3v) is 4.73. The van der Waals surface area contributed by atoms with Gasteiger partial charge in [0.05, 0.1) is 0 Å². The smallest absolute Gasteiger partial charge is 0.269 e. The van der Waals surface area contributed by atoms with Crippen LogP contribution in [0.2, 0.25) is 0 Å². The minimum Gasteiger partial charge on any atom is -0.326 e. The van der Waals surface area contributed by atoms with E-state index in [2.05, 4.69) is 16.2 Å². The Morgan fingerprint density at radius 3 is 2.13 bits per heavy atom. The molecule has 122 valence electrons. The van der Waals surface area contributed by atoms with Crippen molar-refractivity contribution in [2.24, 2.45) is 17.8 Å². The summed E-state index contributed by atoms with van der Waals surface area (Å²) in [4.78, 5) is 35.1. The fraction of sp³-hybridized carbons (Fsp3) is 0.471. The maximum absolute atomic E-state index is 12.1. The van der Waals surface area contributed by atoms with E-state index < -0.39 is 0 Å². The standard InChI is InChI=1S/C17H21N3O3/c1-10(21)18-12-8-6-11(7-9-12)16(22)19-20-17(23)15-13-4-2-3-5-14(13)15/h6-9,13-15H,2-5H2,1H3,(H,18,21)(H,19,22)(H,20,23)/t13-,14-/m1/s1. The molecule has 2 saturated carbocycles. The summed E-state index contributed by atoms with van der Waals surface area (Å²) in [5.41, 5.74) is 6.05. The number of hydrazine groups is 1. The highest BCUT2D eigenvalue weighted by molar-refractivity contribution is 5.96. The summed E-state index contributed by atoms with van der Waals surface area (Å²) in [7, 11) is 0. The van der Waals surface area contributed by atoms with Gasteiger partial charge >= 0.3 is 0 Å². The molecule has 3 amide bonds. The van der Waals surface area contributed by atoms with Crippen molar-refractivity contribution in [2.45, 2.75) is 32.6 Å². The minimum absolute atomic E-state index is 0.0694. The lowest BCUT2D eigenvalue weighted by molar-refractivity contribution is -0.123. The van der Waals surface area contributed by atoms with E-state index in [9.17, 15) is 14.4 Å². The Balaban J connectivity index is 1.49. The molecule has 0 unspecified atom stereocenters. The first-order valence-electron chi connectivity index (χ1n) is 8.04. The summed E-state index contributed by atoms with van der Waals surface area (Å²) in [6.45, 7) is 1.42. The van der Waals surface area contributed by atoms with Gasteiger partial charge in [-0.15, -0.1) is 0 Å². The molecule has 0 bridgehead atoms. The first-order valence-corrected chi connectivity index (χ1v) is 8.04. The third kappa shape index (κ3) is 3.52. The van der Waals surface area contributed by atoms with Crippen LogP contribution in [0.1, 0.15) is 43.0 Å². The number of anilines is 1. The Kier molecular flexibility index (Phi) is 4.32. The number of fused-ring (bicyclic) bond motifs is 1. The van der Waals surface area contributed by atoms with Crippen molar-refractivity contribution in [3.63, 3.8) is 0 Å². The van der Waals surface area contributed by atoms with Crippen molar-refractivity contribution in [1.82, 2.24) is 10.9 Å². The monoisotopic (exact) mass is 315 g/mol. The van der Waals surface area contributed by atoms with Gasteiger partial charge in [-0.05, 0) is 48.9 Å². The third-order valence-electron chi connectivity index (χ3n) is 4.73. The lowest BCUT2D eigenvalue weighted by Gasteiger charge is -2.08. The molecule has 3 N–H and O–H groups in total. The van der Waals surface area contributed by atoms with Crippen LogP contribution in [0.15, 0.2) is 24.3 Å². The molecular formula is C17H21N3O3. The molecule has 23 heavy (non-hydrogen) atoms. The molecular weight excluding hydrogens is 294 g/mol. The van der Waals surface area contributed by atoms with E-state index in [1.807, 2.05) is 0 Å². The highest BCUT2D eigenvalue weighted by Crippen LogP contribution is 2.55. The predicted molar refractivity (Wildman–Crippen MR) is 85.3 cm³/mol. The Morgan fingerprint density at radius 2 is 1.57 bits per heavy atom. The van der Waals surface area contributed by atoms with Crippen LogP contribution in [0.5, 0.6) is 0 Å². The minimum atomic E-state index is -0.364. The largest absolute Gasteiger partial charge is 0.326 e. The fourth-order valence-corrected chi connectivity index (χ4v) is 3.56. The zero-order chi connectivity index (χ0) is 16.4. The number of hydrogen-bond acceptors (Lipinski definition) is 3. The molecule has 6 heteroatoms. The van der Waals surface area contributed by atoms with Crippen LogP contribution in [0.4, 0.5) is 5.69 Å². The van der Waals surface area contributed by atoms with E-state index in [1.165, 1.54) is 19.8 Å². The van der Waals surface area contributed by atoms with Gasteiger partial charge in [0.15, 0.2) is 0 Å². The van der Waals surface area contributed by atoms with E-state index in [0.29, 0.717) is 23.1 Å². The van der Waals surface area contributed by atoms with Crippen LogP contribution in [-0.2, 0) is 9.59 Å². The van der Waals surface area contributed by atoms with Crippen molar-refractivity contribution in [3.8, 4) is 0 Å². The van der Waals surface area contributed by atoms with Crippen molar-refractivity contribution >= 4 is 23.4 Å². The molecule has 1 aromatic rings. The molecule has 6 nitrogen and oxygen atoms in total. The molecule has 0 heterocycles. The summed E-state index contributed by atoms with van der Waals surface area (Å²) in [6, 6.07) is 6.49. The van der Waals surface area contributed by atoms with Crippen LogP contribution in [0.25, 0.3) is 0 Å². The summed E-state index contributed by atoms with van der Waals surface area (Å²) >= 11 is 0. The van der Waals surface area contributed by atoms with Crippen LogP contribution in [0.3, 0.4) is 0 Å². The molecule has 0 spiro atoms. The van der Waals surface area contributed by atoms with Crippen LogP contribution >= 0.6 is 0 Å². The van der Waals surface area contributed by atoms with E-state index in [-0.39, 0.29) is 23.6 Å². The van der Waals surface area contributed by atoms with Crippen LogP contribution in [-0.4, -0.2) is 17.7 Å². The SMILES string of the molecule is CC(=O)Nc1ccc(C(=O)NNC(=O)C2[C@@H]3CCCC[C@@H]23)cc1. The number of hydrogen-bond donors (Lipinski definition) is 3. The normalized spacial score (nSPS) is 25.0. The number of amides is 3. The summed E-state index contributed by atoms with van der Waals surface area (Å²) in [5.74, 6) is 0.483. The number of benzene rings is 1. The van der Waals surface area contributed by atoms with Gasteiger partial charge in [0.25, 0.3) is 5.91 Å². The second-order valence-corrected chi connectivity index (χ2v) is 6.34. The number of rotatable bonds is 3. The van der Waals surface area contributed by atoms with E-state index in [4.69, 9.17) is 0 Å². The Morgan fingerprint density at radius 1 is 0.957 bits per heavy atom. The fourth-order valence-electron chi connectivity index (χ4n) is 3.56. The molecule has 0 saturated heterocycles. The molecule has 1 aromatic carbocycles. The van der Waals surface area contributed by atoms with Crippen molar-refractivity contribution in [3.05, 3.63) is 29.8 Å². The molecule has 0 radical (unpaired) electrons. The maximum Gasteiger partial charge on any atom is 0.269 e. The molecule has 0 aromatic heterocycles. The highest BCUT2D eigenvalue weighted by atomic mass is 16.2. The van der Waals surface area contributed by atoms with Crippen molar-refractivity contribution < 1.29 is 14.4 Å². The Hall–Kier alpha value is -2.37. The topological polar surface area (TPSA) is 87.3 Å². The van der Waals surface area contributed by atoms with Gasteiger partial charge in [-0.3, -0.25) is 25.2 Å². The van der Waals surface area contributed by atoms with Gasteiger partial charge in [0, 0.05) is 24.1 Å². The van der Waals surface area contributed by atoms with Gasteiger partial charge in [-0.2, -0.15) is 0 Å². The zero-order valence-electron chi connectivity index (χ0n) is 13.1. The van der Waals surface area contributed by atoms with Gasteiger partial charge in [0.2, 0.25) is 11.8 Å². The second kappa shape index (κ2) is 6.40. The molecule has 0 aliphatic heterocycles. The first-order chi connectivity index (χ1) is 11.1. The lowest BCUT2D eigenvalue weighted by Crippen LogP contribution is -2.42. The zero-order valence-corrected chi connectivity index (χ0v) is 13.1. The summed E-state index contributed by atoms with van der Waals surface area (Å²) < 4.78 is 0. The number of carbonyl (C=O) groups is 3. The van der Waals surface area contributed by atoms with Gasteiger partial charge in [-0.1, -0.05) is 12.8 Å². The van der Waals surface area contributed by atoms with Gasteiger partial charge < -0.3 is 5.32 Å². The highest BCUT2D eigenvalue weighted by Gasteiger charge is 2.54.